The molecule has 2 aromatic carbocycles. The van der Waals surface area contributed by atoms with E-state index < -0.39 is 0 Å². The fourth-order valence-corrected chi connectivity index (χ4v) is 3.43. The van der Waals surface area contributed by atoms with Gasteiger partial charge in [0, 0.05) is 12.1 Å². The van der Waals surface area contributed by atoms with Gasteiger partial charge in [-0.25, -0.2) is 4.98 Å². The van der Waals surface area contributed by atoms with Crippen LogP contribution in [0.25, 0.3) is 11.0 Å². The summed E-state index contributed by atoms with van der Waals surface area (Å²) in [6.07, 6.45) is 0. The molecule has 0 aliphatic rings. The summed E-state index contributed by atoms with van der Waals surface area (Å²) in [5.41, 5.74) is 2.76. The van der Waals surface area contributed by atoms with Crippen molar-refractivity contribution in [3.8, 4) is 5.75 Å². The van der Waals surface area contributed by atoms with Crippen LogP contribution in [-0.2, 0) is 6.54 Å². The van der Waals surface area contributed by atoms with Crippen molar-refractivity contribution in [1.29, 1.82) is 0 Å². The highest BCUT2D eigenvalue weighted by Crippen LogP contribution is 2.25. The third kappa shape index (κ3) is 3.24. The van der Waals surface area contributed by atoms with Crippen LogP contribution in [0.1, 0.15) is 17.3 Å². The summed E-state index contributed by atoms with van der Waals surface area (Å²) < 4.78 is 7.25. The van der Waals surface area contributed by atoms with Crippen LogP contribution in [0.3, 0.4) is 0 Å². The number of thioether (sulfide) groups is 1. The van der Waals surface area contributed by atoms with Crippen molar-refractivity contribution in [3.63, 3.8) is 0 Å². The first-order valence-electron chi connectivity index (χ1n) is 7.48. The van der Waals surface area contributed by atoms with Gasteiger partial charge in [0.25, 0.3) is 0 Å². The van der Waals surface area contributed by atoms with Gasteiger partial charge in [0.15, 0.2) is 10.9 Å². The Bertz CT molecular complexity index is 825. The Labute approximate surface area is 139 Å². The van der Waals surface area contributed by atoms with Crippen LogP contribution in [0.2, 0.25) is 0 Å². The van der Waals surface area contributed by atoms with E-state index >= 15 is 0 Å². The highest BCUT2D eigenvalue weighted by Gasteiger charge is 2.13. The molecule has 1 heterocycles. The van der Waals surface area contributed by atoms with Gasteiger partial charge >= 0.3 is 0 Å². The summed E-state index contributed by atoms with van der Waals surface area (Å²) in [6, 6.07) is 15.2. The van der Waals surface area contributed by atoms with Crippen molar-refractivity contribution in [2.24, 2.45) is 0 Å². The van der Waals surface area contributed by atoms with Crippen LogP contribution >= 0.6 is 11.8 Å². The van der Waals surface area contributed by atoms with Gasteiger partial charge in [-0.3, -0.25) is 4.79 Å². The molecule has 0 spiro atoms. The first-order valence-corrected chi connectivity index (χ1v) is 8.46. The molecule has 23 heavy (non-hydrogen) atoms. The van der Waals surface area contributed by atoms with Crippen molar-refractivity contribution < 1.29 is 9.53 Å². The number of ether oxygens (including phenoxy) is 1. The average Bonchev–Trinajstić information content (AvgIpc) is 2.97. The molecule has 0 fully saturated rings. The van der Waals surface area contributed by atoms with Crippen LogP contribution in [-0.4, -0.2) is 28.2 Å². The van der Waals surface area contributed by atoms with Gasteiger partial charge in [-0.2, -0.15) is 0 Å². The van der Waals surface area contributed by atoms with E-state index in [9.17, 15) is 4.79 Å². The monoisotopic (exact) mass is 326 g/mol. The van der Waals surface area contributed by atoms with Gasteiger partial charge in [0.2, 0.25) is 0 Å². The summed E-state index contributed by atoms with van der Waals surface area (Å²) in [5, 5.41) is 0.885. The van der Waals surface area contributed by atoms with Crippen LogP contribution in [0, 0.1) is 0 Å². The number of nitrogens with zero attached hydrogens (tertiary/aromatic N) is 2. The summed E-state index contributed by atoms with van der Waals surface area (Å²) in [4.78, 5) is 17.0. The van der Waals surface area contributed by atoms with Gasteiger partial charge in [0.1, 0.15) is 5.75 Å². The molecule has 3 rings (SSSR count). The van der Waals surface area contributed by atoms with Gasteiger partial charge in [-0.15, -0.1) is 0 Å². The molecule has 0 unspecified atom stereocenters. The van der Waals surface area contributed by atoms with Crippen LogP contribution in [0.15, 0.2) is 53.7 Å². The van der Waals surface area contributed by atoms with Crippen LogP contribution in [0.5, 0.6) is 5.75 Å². The topological polar surface area (TPSA) is 44.1 Å². The number of hydrogen-bond acceptors (Lipinski definition) is 4. The van der Waals surface area contributed by atoms with Crippen LogP contribution in [0.4, 0.5) is 0 Å². The van der Waals surface area contributed by atoms with E-state index in [1.807, 2.05) is 18.2 Å². The van der Waals surface area contributed by atoms with Crippen molar-refractivity contribution >= 4 is 28.6 Å². The second-order valence-electron chi connectivity index (χ2n) is 5.07. The number of aromatic nitrogens is 2. The molecule has 0 radical (unpaired) electrons. The lowest BCUT2D eigenvalue weighted by Crippen LogP contribution is -2.04. The smallest absolute Gasteiger partial charge is 0.173 e. The Morgan fingerprint density at radius 3 is 2.61 bits per heavy atom. The minimum atomic E-state index is 0.0902. The zero-order chi connectivity index (χ0) is 16.2. The number of carbonyl (C=O) groups is 1. The number of methoxy groups -OCH3 is 1. The predicted molar refractivity (Wildman–Crippen MR) is 93.5 cm³/mol. The molecular weight excluding hydrogens is 308 g/mol. The lowest BCUT2D eigenvalue weighted by Gasteiger charge is -2.06. The average molecular weight is 326 g/mol. The highest BCUT2D eigenvalue weighted by atomic mass is 32.2. The van der Waals surface area contributed by atoms with Gasteiger partial charge in [-0.1, -0.05) is 23.9 Å². The summed E-state index contributed by atoms with van der Waals surface area (Å²) in [5.74, 6) is 1.21. The van der Waals surface area contributed by atoms with E-state index in [-0.39, 0.29) is 5.78 Å². The SMILES string of the molecule is CCn1c(SCC(=O)c2ccc(OC)cc2)nc2ccccc21. The molecule has 0 atom stereocenters. The number of para-hydroxylation sites is 2. The molecule has 1 aromatic heterocycles. The van der Waals surface area contributed by atoms with Crippen molar-refractivity contribution in [2.45, 2.75) is 18.6 Å². The number of hydrogen-bond donors (Lipinski definition) is 0. The van der Waals surface area contributed by atoms with Crippen molar-refractivity contribution in [1.82, 2.24) is 9.55 Å². The van der Waals surface area contributed by atoms with Gasteiger partial charge in [-0.05, 0) is 43.3 Å². The summed E-state index contributed by atoms with van der Waals surface area (Å²) in [6.45, 7) is 2.92. The predicted octanol–water partition coefficient (Wildman–Crippen LogP) is 4.04. The molecular formula is C18H18N2O2S. The second kappa shape index (κ2) is 6.87. The highest BCUT2D eigenvalue weighted by molar-refractivity contribution is 7.99. The van der Waals surface area contributed by atoms with Crippen molar-refractivity contribution in [3.05, 3.63) is 54.1 Å². The normalized spacial score (nSPS) is 10.9. The van der Waals surface area contributed by atoms with Gasteiger partial charge < -0.3 is 9.30 Å². The quantitative estimate of drug-likeness (QED) is 0.506. The van der Waals surface area contributed by atoms with Crippen molar-refractivity contribution in [2.75, 3.05) is 12.9 Å². The maximum absolute atomic E-state index is 12.3. The molecule has 118 valence electrons. The van der Waals surface area contributed by atoms with E-state index in [4.69, 9.17) is 4.74 Å². The molecule has 0 saturated carbocycles. The number of imidazole rings is 1. The Balaban J connectivity index is 1.75. The zero-order valence-electron chi connectivity index (χ0n) is 13.2. The van der Waals surface area contributed by atoms with E-state index in [1.54, 1.807) is 31.4 Å². The molecule has 0 aliphatic heterocycles. The first-order chi connectivity index (χ1) is 11.2. The third-order valence-electron chi connectivity index (χ3n) is 3.68. The Morgan fingerprint density at radius 2 is 1.91 bits per heavy atom. The number of Topliss-reactive ketones (excluding diaryl/α,β-unsaturated/α-hetero) is 1. The molecule has 0 N–H and O–H groups in total. The molecule has 0 bridgehead atoms. The molecule has 5 heteroatoms. The summed E-state index contributed by atoms with van der Waals surface area (Å²) >= 11 is 1.48. The maximum Gasteiger partial charge on any atom is 0.173 e. The molecule has 3 aromatic rings. The van der Waals surface area contributed by atoms with E-state index in [0.717, 1.165) is 28.5 Å². The Kier molecular flexibility index (Phi) is 4.67. The lowest BCUT2D eigenvalue weighted by molar-refractivity contribution is 0.102. The minimum absolute atomic E-state index is 0.0902. The molecule has 0 amide bonds. The number of benzene rings is 2. The third-order valence-corrected chi connectivity index (χ3v) is 4.66. The number of aryl methyl sites for hydroxylation is 1. The van der Waals surface area contributed by atoms with E-state index in [2.05, 4.69) is 22.5 Å². The fraction of sp³-hybridized carbons (Fsp3) is 0.222. The van der Waals surface area contributed by atoms with E-state index in [0.29, 0.717) is 11.3 Å². The first kappa shape index (κ1) is 15.6. The Morgan fingerprint density at radius 1 is 1.17 bits per heavy atom. The molecule has 0 saturated heterocycles. The Hall–Kier alpha value is -2.27. The number of carbonyl (C=O) groups excluding carboxylic acids is 1. The van der Waals surface area contributed by atoms with E-state index in [1.165, 1.54) is 11.8 Å². The largest absolute Gasteiger partial charge is 0.497 e. The molecule has 0 aliphatic carbocycles. The number of rotatable bonds is 6. The minimum Gasteiger partial charge on any atom is -0.497 e. The standard InChI is InChI=1S/C18H18N2O2S/c1-3-20-16-7-5-4-6-15(16)19-18(20)23-12-17(21)13-8-10-14(22-2)11-9-13/h4-11H,3,12H2,1-2H3. The summed E-state index contributed by atoms with van der Waals surface area (Å²) in [7, 11) is 1.61. The second-order valence-corrected chi connectivity index (χ2v) is 6.01. The number of ketones is 1. The molecule has 4 nitrogen and oxygen atoms in total. The number of fused-ring (bicyclic) bond motifs is 1. The van der Waals surface area contributed by atoms with Crippen LogP contribution < -0.4 is 4.74 Å². The zero-order valence-corrected chi connectivity index (χ0v) is 14.0. The fourth-order valence-electron chi connectivity index (χ4n) is 2.46. The maximum atomic E-state index is 12.3. The van der Waals surface area contributed by atoms with Gasteiger partial charge in [0.05, 0.1) is 23.9 Å². The lowest BCUT2D eigenvalue weighted by atomic mass is 10.1.